The molecule has 0 saturated carbocycles. The van der Waals surface area contributed by atoms with Gasteiger partial charge in [0.2, 0.25) is 0 Å². The monoisotopic (exact) mass is 266 g/mol. The number of aliphatic hydroxyl groups is 1. The van der Waals surface area contributed by atoms with Crippen LogP contribution in [-0.4, -0.2) is 28.3 Å². The third kappa shape index (κ3) is 6.76. The second-order valence-electron chi connectivity index (χ2n) is 5.46. The van der Waals surface area contributed by atoms with Crippen LogP contribution in [-0.2, 0) is 4.74 Å². The number of rotatable bonds is 5. The van der Waals surface area contributed by atoms with Crippen LogP contribution < -0.4 is 5.32 Å². The van der Waals surface area contributed by atoms with Crippen molar-refractivity contribution in [2.75, 3.05) is 6.61 Å². The standard InChI is InChI=1S/C14H22N2O3/c1-14(2,3)16-13(18)19-9-5-7-12(17)11-6-4-8-15-10-11/h4,6,8,10,12,17H,5,7,9H2,1-3H3,(H,16,18)/t12-/m0/s1. The van der Waals surface area contributed by atoms with Gasteiger partial charge >= 0.3 is 6.09 Å². The van der Waals surface area contributed by atoms with E-state index in [9.17, 15) is 9.90 Å². The van der Waals surface area contributed by atoms with Crippen molar-refractivity contribution < 1.29 is 14.6 Å². The van der Waals surface area contributed by atoms with E-state index in [1.165, 1.54) is 0 Å². The minimum absolute atomic E-state index is 0.291. The second kappa shape index (κ2) is 7.09. The van der Waals surface area contributed by atoms with Gasteiger partial charge in [-0.3, -0.25) is 4.98 Å². The predicted molar refractivity (Wildman–Crippen MR) is 72.7 cm³/mol. The summed E-state index contributed by atoms with van der Waals surface area (Å²) < 4.78 is 5.03. The lowest BCUT2D eigenvalue weighted by molar-refractivity contribution is 0.119. The molecule has 106 valence electrons. The number of amides is 1. The van der Waals surface area contributed by atoms with E-state index in [0.29, 0.717) is 19.4 Å². The molecule has 5 nitrogen and oxygen atoms in total. The van der Waals surface area contributed by atoms with Gasteiger partial charge in [0.05, 0.1) is 12.7 Å². The average Bonchev–Trinajstić information content (AvgIpc) is 2.33. The summed E-state index contributed by atoms with van der Waals surface area (Å²) in [6.45, 7) is 5.96. The summed E-state index contributed by atoms with van der Waals surface area (Å²) in [5, 5.41) is 12.6. The minimum Gasteiger partial charge on any atom is -0.450 e. The van der Waals surface area contributed by atoms with Gasteiger partial charge < -0.3 is 15.2 Å². The van der Waals surface area contributed by atoms with E-state index < -0.39 is 12.2 Å². The molecule has 0 bridgehead atoms. The van der Waals surface area contributed by atoms with Crippen molar-refractivity contribution in [1.82, 2.24) is 10.3 Å². The molecule has 1 aromatic heterocycles. The number of aromatic nitrogens is 1. The lowest BCUT2D eigenvalue weighted by atomic mass is 10.1. The Morgan fingerprint density at radius 1 is 1.53 bits per heavy atom. The van der Waals surface area contributed by atoms with Crippen molar-refractivity contribution in [1.29, 1.82) is 0 Å². The van der Waals surface area contributed by atoms with Crippen molar-refractivity contribution in [2.45, 2.75) is 45.3 Å². The van der Waals surface area contributed by atoms with Crippen molar-refractivity contribution in [3.8, 4) is 0 Å². The van der Waals surface area contributed by atoms with Gasteiger partial charge in [-0.2, -0.15) is 0 Å². The maximum Gasteiger partial charge on any atom is 0.407 e. The normalized spacial score (nSPS) is 12.8. The molecule has 0 aliphatic heterocycles. The highest BCUT2D eigenvalue weighted by atomic mass is 16.5. The average molecular weight is 266 g/mol. The van der Waals surface area contributed by atoms with Crippen LogP contribution in [0.25, 0.3) is 0 Å². The topological polar surface area (TPSA) is 71.5 Å². The van der Waals surface area contributed by atoms with E-state index in [1.54, 1.807) is 18.5 Å². The Labute approximate surface area is 114 Å². The fourth-order valence-corrected chi connectivity index (χ4v) is 1.52. The molecule has 1 aromatic rings. The number of pyridine rings is 1. The summed E-state index contributed by atoms with van der Waals surface area (Å²) in [5.74, 6) is 0. The van der Waals surface area contributed by atoms with E-state index in [-0.39, 0.29) is 5.54 Å². The molecular weight excluding hydrogens is 244 g/mol. The van der Waals surface area contributed by atoms with E-state index >= 15 is 0 Å². The third-order valence-corrected chi connectivity index (χ3v) is 2.40. The second-order valence-corrected chi connectivity index (χ2v) is 5.46. The number of alkyl carbamates (subject to hydrolysis) is 1. The summed E-state index contributed by atoms with van der Waals surface area (Å²) in [6.07, 6.45) is 3.45. The van der Waals surface area contributed by atoms with Gasteiger partial charge in [-0.25, -0.2) is 4.79 Å². The minimum atomic E-state index is -0.567. The van der Waals surface area contributed by atoms with Crippen LogP contribution in [0, 0.1) is 0 Å². The summed E-state index contributed by atoms with van der Waals surface area (Å²) in [6, 6.07) is 3.61. The number of nitrogens with one attached hydrogen (secondary N) is 1. The van der Waals surface area contributed by atoms with Crippen LogP contribution in [0.2, 0.25) is 0 Å². The maximum atomic E-state index is 11.4. The number of hydrogen-bond acceptors (Lipinski definition) is 4. The molecule has 0 spiro atoms. The molecule has 0 radical (unpaired) electrons. The van der Waals surface area contributed by atoms with Gasteiger partial charge in [0, 0.05) is 17.9 Å². The maximum absolute atomic E-state index is 11.4. The van der Waals surface area contributed by atoms with Crippen LogP contribution in [0.5, 0.6) is 0 Å². The SMILES string of the molecule is CC(C)(C)NC(=O)OCCC[C@H](O)c1cccnc1. The smallest absolute Gasteiger partial charge is 0.407 e. The van der Waals surface area contributed by atoms with Crippen molar-refractivity contribution in [2.24, 2.45) is 0 Å². The molecule has 1 heterocycles. The van der Waals surface area contributed by atoms with E-state index in [0.717, 1.165) is 5.56 Å². The molecule has 0 unspecified atom stereocenters. The Balaban J connectivity index is 2.19. The third-order valence-electron chi connectivity index (χ3n) is 2.40. The number of hydrogen-bond donors (Lipinski definition) is 2. The fraction of sp³-hybridized carbons (Fsp3) is 0.571. The Hall–Kier alpha value is -1.62. The highest BCUT2D eigenvalue weighted by Crippen LogP contribution is 2.16. The Kier molecular flexibility index (Phi) is 5.76. The summed E-state index contributed by atoms with van der Waals surface area (Å²) >= 11 is 0. The van der Waals surface area contributed by atoms with Crippen LogP contribution in [0.3, 0.4) is 0 Å². The lowest BCUT2D eigenvalue weighted by Crippen LogP contribution is -2.41. The van der Waals surface area contributed by atoms with Gasteiger partial charge in [0.25, 0.3) is 0 Å². The molecule has 0 fully saturated rings. The first-order chi connectivity index (χ1) is 8.88. The summed E-state index contributed by atoms with van der Waals surface area (Å²) in [5.41, 5.74) is 0.480. The molecule has 0 aromatic carbocycles. The molecular formula is C14H22N2O3. The first-order valence-corrected chi connectivity index (χ1v) is 6.41. The quantitative estimate of drug-likeness (QED) is 0.803. The molecule has 5 heteroatoms. The Bertz CT molecular complexity index is 387. The zero-order chi connectivity index (χ0) is 14.3. The fourth-order valence-electron chi connectivity index (χ4n) is 1.52. The van der Waals surface area contributed by atoms with Gasteiger partial charge in [-0.15, -0.1) is 0 Å². The number of aliphatic hydroxyl groups excluding tert-OH is 1. The van der Waals surface area contributed by atoms with Crippen molar-refractivity contribution in [3.63, 3.8) is 0 Å². The van der Waals surface area contributed by atoms with Crippen LogP contribution in [0.15, 0.2) is 24.5 Å². The first kappa shape index (κ1) is 15.4. The Morgan fingerprint density at radius 3 is 2.84 bits per heavy atom. The predicted octanol–water partition coefficient (Wildman–Crippen LogP) is 2.42. The van der Waals surface area contributed by atoms with Crippen molar-refractivity contribution in [3.05, 3.63) is 30.1 Å². The van der Waals surface area contributed by atoms with E-state index in [4.69, 9.17) is 4.74 Å². The van der Waals surface area contributed by atoms with Crippen molar-refractivity contribution >= 4 is 6.09 Å². The molecule has 2 N–H and O–H groups in total. The Morgan fingerprint density at radius 2 is 2.26 bits per heavy atom. The number of ether oxygens (including phenoxy) is 1. The highest BCUT2D eigenvalue weighted by molar-refractivity contribution is 5.67. The van der Waals surface area contributed by atoms with Crippen LogP contribution in [0.1, 0.15) is 45.3 Å². The van der Waals surface area contributed by atoms with Gasteiger partial charge in [-0.05, 0) is 45.2 Å². The lowest BCUT2D eigenvalue weighted by Gasteiger charge is -2.20. The highest BCUT2D eigenvalue weighted by Gasteiger charge is 2.14. The van der Waals surface area contributed by atoms with Gasteiger partial charge in [0.1, 0.15) is 0 Å². The van der Waals surface area contributed by atoms with Gasteiger partial charge in [0.15, 0.2) is 0 Å². The van der Waals surface area contributed by atoms with E-state index in [1.807, 2.05) is 26.8 Å². The molecule has 0 saturated heterocycles. The first-order valence-electron chi connectivity index (χ1n) is 6.41. The van der Waals surface area contributed by atoms with E-state index in [2.05, 4.69) is 10.3 Å². The zero-order valence-electron chi connectivity index (χ0n) is 11.7. The summed E-state index contributed by atoms with van der Waals surface area (Å²) in [4.78, 5) is 15.3. The molecule has 0 aliphatic carbocycles. The molecule has 1 rings (SSSR count). The largest absolute Gasteiger partial charge is 0.450 e. The number of carbonyl (C=O) groups is 1. The van der Waals surface area contributed by atoms with Gasteiger partial charge in [-0.1, -0.05) is 6.07 Å². The molecule has 0 aliphatic rings. The zero-order valence-corrected chi connectivity index (χ0v) is 11.7. The molecule has 19 heavy (non-hydrogen) atoms. The van der Waals surface area contributed by atoms with Crippen LogP contribution >= 0.6 is 0 Å². The molecule has 1 amide bonds. The molecule has 1 atom stereocenters. The summed E-state index contributed by atoms with van der Waals surface area (Å²) in [7, 11) is 0. The number of nitrogens with zero attached hydrogens (tertiary/aromatic N) is 1. The van der Waals surface area contributed by atoms with Crippen LogP contribution in [0.4, 0.5) is 4.79 Å². The number of carbonyl (C=O) groups excluding carboxylic acids is 1.